The third-order valence-electron chi connectivity index (χ3n) is 6.83. The van der Waals surface area contributed by atoms with Crippen molar-refractivity contribution in [3.63, 3.8) is 0 Å². The predicted octanol–water partition coefficient (Wildman–Crippen LogP) is 4.24. The molecule has 0 bridgehead atoms. The van der Waals surface area contributed by atoms with E-state index in [-0.39, 0.29) is 11.9 Å². The van der Waals surface area contributed by atoms with Gasteiger partial charge in [-0.2, -0.15) is 5.10 Å². The van der Waals surface area contributed by atoms with Crippen LogP contribution in [0.1, 0.15) is 40.2 Å². The van der Waals surface area contributed by atoms with Gasteiger partial charge in [-0.15, -0.1) is 6.58 Å². The molecular formula is C28H32N4O3. The predicted molar refractivity (Wildman–Crippen MR) is 135 cm³/mol. The van der Waals surface area contributed by atoms with Crippen LogP contribution in [0.3, 0.4) is 0 Å². The zero-order chi connectivity index (χ0) is 24.4. The fourth-order valence-electron chi connectivity index (χ4n) is 4.82. The van der Waals surface area contributed by atoms with Crippen molar-refractivity contribution in [2.24, 2.45) is 0 Å². The van der Waals surface area contributed by atoms with Crippen molar-refractivity contribution in [2.75, 3.05) is 27.3 Å². The molecule has 5 rings (SSSR count). The van der Waals surface area contributed by atoms with E-state index in [9.17, 15) is 4.79 Å². The number of para-hydroxylation sites is 2. The third-order valence-corrected chi connectivity index (χ3v) is 6.83. The Bertz CT molecular complexity index is 1210. The minimum Gasteiger partial charge on any atom is -0.497 e. The molecule has 1 aliphatic heterocycles. The molecule has 0 spiro atoms. The molecule has 0 N–H and O–H groups in total. The van der Waals surface area contributed by atoms with Crippen molar-refractivity contribution in [1.82, 2.24) is 19.6 Å². The van der Waals surface area contributed by atoms with Crippen LogP contribution < -0.4 is 9.47 Å². The van der Waals surface area contributed by atoms with Gasteiger partial charge in [-0.1, -0.05) is 18.2 Å². The number of carbonyl (C=O) groups excluding carboxylic acids is 1. The Hall–Kier alpha value is -3.58. The maximum absolute atomic E-state index is 13.5. The SMILES string of the molecule is C=CCN1CCc2c(c(CN(C(=O)c3ccc(OC)cc3)C3CC3)nn2-c2ccccc2OC)C1. The maximum Gasteiger partial charge on any atom is 0.254 e. The van der Waals surface area contributed by atoms with Crippen LogP contribution in [0.15, 0.2) is 61.2 Å². The summed E-state index contributed by atoms with van der Waals surface area (Å²) in [4.78, 5) is 17.9. The normalized spacial score (nSPS) is 15.4. The molecule has 1 saturated carbocycles. The number of carbonyl (C=O) groups is 1. The Morgan fingerprint density at radius 2 is 1.91 bits per heavy atom. The highest BCUT2D eigenvalue weighted by atomic mass is 16.5. The summed E-state index contributed by atoms with van der Waals surface area (Å²) in [6.07, 6.45) is 4.88. The van der Waals surface area contributed by atoms with E-state index in [0.717, 1.165) is 61.8 Å². The van der Waals surface area contributed by atoms with Crippen LogP contribution in [0.2, 0.25) is 0 Å². The summed E-state index contributed by atoms with van der Waals surface area (Å²) in [5.41, 5.74) is 4.95. The molecule has 2 aromatic carbocycles. The number of hydrogen-bond donors (Lipinski definition) is 0. The Labute approximate surface area is 206 Å². The monoisotopic (exact) mass is 472 g/mol. The number of fused-ring (bicyclic) bond motifs is 1. The van der Waals surface area contributed by atoms with E-state index in [1.807, 2.05) is 64.2 Å². The summed E-state index contributed by atoms with van der Waals surface area (Å²) < 4.78 is 12.9. The van der Waals surface area contributed by atoms with E-state index >= 15 is 0 Å². The minimum atomic E-state index is 0.0366. The van der Waals surface area contributed by atoms with Crippen LogP contribution >= 0.6 is 0 Å². The van der Waals surface area contributed by atoms with E-state index in [2.05, 4.69) is 11.5 Å². The first kappa shape index (κ1) is 23.2. The summed E-state index contributed by atoms with van der Waals surface area (Å²) in [5.74, 6) is 1.56. The second-order valence-corrected chi connectivity index (χ2v) is 9.12. The summed E-state index contributed by atoms with van der Waals surface area (Å²) >= 11 is 0. The van der Waals surface area contributed by atoms with Crippen molar-refractivity contribution in [3.8, 4) is 17.2 Å². The van der Waals surface area contributed by atoms with Gasteiger partial charge in [0.1, 0.15) is 17.2 Å². The number of ether oxygens (including phenoxy) is 2. The van der Waals surface area contributed by atoms with Crippen molar-refractivity contribution < 1.29 is 14.3 Å². The van der Waals surface area contributed by atoms with E-state index in [4.69, 9.17) is 14.6 Å². The van der Waals surface area contributed by atoms with Crippen molar-refractivity contribution >= 4 is 5.91 Å². The van der Waals surface area contributed by atoms with Crippen molar-refractivity contribution in [1.29, 1.82) is 0 Å². The van der Waals surface area contributed by atoms with Crippen LogP contribution in [-0.2, 0) is 19.5 Å². The molecule has 0 unspecified atom stereocenters. The molecule has 2 heterocycles. The molecule has 1 aromatic heterocycles. The van der Waals surface area contributed by atoms with Gasteiger partial charge >= 0.3 is 0 Å². The van der Waals surface area contributed by atoms with Gasteiger partial charge in [0.25, 0.3) is 5.91 Å². The second-order valence-electron chi connectivity index (χ2n) is 9.12. The first-order chi connectivity index (χ1) is 17.1. The zero-order valence-electron chi connectivity index (χ0n) is 20.4. The fourth-order valence-corrected chi connectivity index (χ4v) is 4.82. The van der Waals surface area contributed by atoms with Gasteiger partial charge < -0.3 is 14.4 Å². The van der Waals surface area contributed by atoms with Crippen molar-refractivity contribution in [2.45, 2.75) is 38.4 Å². The highest BCUT2D eigenvalue weighted by molar-refractivity contribution is 5.94. The molecule has 7 nitrogen and oxygen atoms in total. The topological polar surface area (TPSA) is 59.8 Å². The van der Waals surface area contributed by atoms with Crippen LogP contribution in [0.25, 0.3) is 5.69 Å². The van der Waals surface area contributed by atoms with Gasteiger partial charge in [0.15, 0.2) is 0 Å². The van der Waals surface area contributed by atoms with E-state index in [1.54, 1.807) is 14.2 Å². The number of methoxy groups -OCH3 is 2. The second kappa shape index (κ2) is 9.96. The first-order valence-electron chi connectivity index (χ1n) is 12.1. The zero-order valence-corrected chi connectivity index (χ0v) is 20.4. The van der Waals surface area contributed by atoms with Gasteiger partial charge in [0, 0.05) is 43.2 Å². The lowest BCUT2D eigenvalue weighted by Crippen LogP contribution is -2.34. The van der Waals surface area contributed by atoms with Crippen molar-refractivity contribution in [3.05, 3.63) is 83.7 Å². The lowest BCUT2D eigenvalue weighted by molar-refractivity contribution is 0.0726. The fraction of sp³-hybridized carbons (Fsp3) is 0.357. The molecule has 3 aromatic rings. The Morgan fingerprint density at radius 1 is 1.14 bits per heavy atom. The van der Waals surface area contributed by atoms with Gasteiger partial charge in [-0.25, -0.2) is 4.68 Å². The molecular weight excluding hydrogens is 440 g/mol. The van der Waals surface area contributed by atoms with Gasteiger partial charge in [0.2, 0.25) is 0 Å². The van der Waals surface area contributed by atoms with Crippen LogP contribution in [0.4, 0.5) is 0 Å². The largest absolute Gasteiger partial charge is 0.497 e. The molecule has 2 aliphatic rings. The van der Waals surface area contributed by atoms with Crippen LogP contribution in [0.5, 0.6) is 11.5 Å². The molecule has 1 amide bonds. The van der Waals surface area contributed by atoms with Gasteiger partial charge in [-0.3, -0.25) is 9.69 Å². The average Bonchev–Trinajstić information content (AvgIpc) is 3.69. The Morgan fingerprint density at radius 3 is 2.60 bits per heavy atom. The van der Waals surface area contributed by atoms with Gasteiger partial charge in [0.05, 0.1) is 32.2 Å². The molecule has 0 radical (unpaired) electrons. The summed E-state index contributed by atoms with van der Waals surface area (Å²) in [5, 5.41) is 5.09. The highest BCUT2D eigenvalue weighted by Gasteiger charge is 2.35. The number of rotatable bonds is 9. The van der Waals surface area contributed by atoms with Crippen LogP contribution in [-0.4, -0.2) is 58.8 Å². The number of aromatic nitrogens is 2. The summed E-state index contributed by atoms with van der Waals surface area (Å²) in [6, 6.07) is 15.6. The Balaban J connectivity index is 1.52. The average molecular weight is 473 g/mol. The molecule has 0 atom stereocenters. The minimum absolute atomic E-state index is 0.0366. The lowest BCUT2D eigenvalue weighted by atomic mass is 10.0. The van der Waals surface area contributed by atoms with E-state index in [1.165, 1.54) is 11.3 Å². The highest BCUT2D eigenvalue weighted by Crippen LogP contribution is 2.34. The first-order valence-corrected chi connectivity index (χ1v) is 12.1. The van der Waals surface area contributed by atoms with E-state index < -0.39 is 0 Å². The molecule has 1 aliphatic carbocycles. The number of hydrogen-bond acceptors (Lipinski definition) is 5. The molecule has 182 valence electrons. The molecule has 0 saturated heterocycles. The standard InChI is InChI=1S/C28H32N4O3/c1-4-16-30-17-15-25-23(18-30)24(29-32(25)26-7-5-6-8-27(26)35-3)19-31(21-11-12-21)28(33)20-9-13-22(34-2)14-10-20/h4-10,13-14,21H,1,11-12,15-19H2,2-3H3. The Kier molecular flexibility index (Phi) is 6.59. The molecule has 1 fully saturated rings. The number of amides is 1. The molecule has 35 heavy (non-hydrogen) atoms. The third kappa shape index (κ3) is 4.68. The summed E-state index contributed by atoms with van der Waals surface area (Å²) in [6.45, 7) is 6.97. The quantitative estimate of drug-likeness (QED) is 0.436. The van der Waals surface area contributed by atoms with Crippen LogP contribution in [0, 0.1) is 0 Å². The summed E-state index contributed by atoms with van der Waals surface area (Å²) in [7, 11) is 3.31. The van der Waals surface area contributed by atoms with Gasteiger partial charge in [-0.05, 0) is 49.2 Å². The number of benzene rings is 2. The maximum atomic E-state index is 13.5. The van der Waals surface area contributed by atoms with E-state index in [0.29, 0.717) is 12.1 Å². The molecule has 7 heteroatoms. The smallest absolute Gasteiger partial charge is 0.254 e. The lowest BCUT2D eigenvalue weighted by Gasteiger charge is -2.28. The number of nitrogens with zero attached hydrogens (tertiary/aromatic N) is 4.